The summed E-state index contributed by atoms with van der Waals surface area (Å²) < 4.78 is 0. The Labute approximate surface area is 119 Å². The minimum atomic E-state index is -0.140. The molecule has 2 amide bonds. The van der Waals surface area contributed by atoms with E-state index < -0.39 is 0 Å². The summed E-state index contributed by atoms with van der Waals surface area (Å²) in [4.78, 5) is 24.2. The Bertz CT molecular complexity index is 513. The fraction of sp³-hybridized carbons (Fsp3) is 0.500. The van der Waals surface area contributed by atoms with Crippen molar-refractivity contribution in [1.82, 2.24) is 5.32 Å². The molecule has 1 saturated carbocycles. The number of hydrogen-bond acceptors (Lipinski definition) is 2. The highest BCUT2D eigenvalue weighted by molar-refractivity contribution is 6.04. The van der Waals surface area contributed by atoms with Crippen molar-refractivity contribution in [1.29, 1.82) is 0 Å². The van der Waals surface area contributed by atoms with Crippen molar-refractivity contribution < 1.29 is 9.59 Å². The molecule has 0 bridgehead atoms. The van der Waals surface area contributed by atoms with Gasteiger partial charge in [0.15, 0.2) is 0 Å². The Morgan fingerprint density at radius 2 is 2.00 bits per heavy atom. The number of anilines is 1. The van der Waals surface area contributed by atoms with E-state index in [0.29, 0.717) is 17.2 Å². The van der Waals surface area contributed by atoms with Crippen molar-refractivity contribution in [2.45, 2.75) is 39.7 Å². The summed E-state index contributed by atoms with van der Waals surface area (Å²) in [6.45, 7) is 6.05. The molecule has 0 aliphatic heterocycles. The van der Waals surface area contributed by atoms with Gasteiger partial charge in [-0.15, -0.1) is 0 Å². The van der Waals surface area contributed by atoms with Crippen LogP contribution in [0.1, 0.15) is 44.0 Å². The standard InChI is InChI=1S/C16H22N2O2/c1-4-11(3)17-15(19)12-7-5-6-8-14(12)18-16(20)13-9-10(13)2/h5-8,10-11,13H,4,9H2,1-3H3,(H,17,19)(H,18,20)/t10-,11-,13+/m0/s1. The molecular formula is C16H22N2O2. The second-order valence-corrected chi connectivity index (χ2v) is 5.64. The van der Waals surface area contributed by atoms with Crippen molar-refractivity contribution in [3.05, 3.63) is 29.8 Å². The lowest BCUT2D eigenvalue weighted by molar-refractivity contribution is -0.117. The molecule has 4 heteroatoms. The molecule has 1 aromatic carbocycles. The molecule has 1 aliphatic carbocycles. The van der Waals surface area contributed by atoms with E-state index in [2.05, 4.69) is 17.6 Å². The normalized spacial score (nSPS) is 21.9. The predicted molar refractivity (Wildman–Crippen MR) is 79.6 cm³/mol. The summed E-state index contributed by atoms with van der Waals surface area (Å²) in [6, 6.07) is 7.27. The summed E-state index contributed by atoms with van der Waals surface area (Å²) in [5, 5.41) is 5.80. The molecule has 0 heterocycles. The van der Waals surface area contributed by atoms with Gasteiger partial charge in [0.2, 0.25) is 5.91 Å². The quantitative estimate of drug-likeness (QED) is 0.867. The number of rotatable bonds is 5. The van der Waals surface area contributed by atoms with Crippen LogP contribution in [-0.4, -0.2) is 17.9 Å². The summed E-state index contributed by atoms with van der Waals surface area (Å²) in [5.74, 6) is 0.428. The van der Waals surface area contributed by atoms with Gasteiger partial charge in [-0.25, -0.2) is 0 Å². The van der Waals surface area contributed by atoms with E-state index >= 15 is 0 Å². The van der Waals surface area contributed by atoms with Crippen molar-refractivity contribution in [3.63, 3.8) is 0 Å². The Morgan fingerprint density at radius 1 is 1.35 bits per heavy atom. The SMILES string of the molecule is CC[C@H](C)NC(=O)c1ccccc1NC(=O)[C@@H]1C[C@@H]1C. The van der Waals surface area contributed by atoms with E-state index in [4.69, 9.17) is 0 Å². The van der Waals surface area contributed by atoms with E-state index in [1.54, 1.807) is 18.2 Å². The van der Waals surface area contributed by atoms with E-state index in [1.807, 2.05) is 19.9 Å². The van der Waals surface area contributed by atoms with E-state index in [9.17, 15) is 9.59 Å². The molecule has 1 aromatic rings. The third-order valence-electron chi connectivity index (χ3n) is 3.87. The number of benzene rings is 1. The van der Waals surface area contributed by atoms with Gasteiger partial charge >= 0.3 is 0 Å². The molecule has 108 valence electrons. The zero-order valence-corrected chi connectivity index (χ0v) is 12.3. The molecule has 0 saturated heterocycles. The van der Waals surface area contributed by atoms with Gasteiger partial charge in [-0.1, -0.05) is 26.0 Å². The highest BCUT2D eigenvalue weighted by atomic mass is 16.2. The van der Waals surface area contributed by atoms with Crippen LogP contribution < -0.4 is 10.6 Å². The molecule has 0 spiro atoms. The first kappa shape index (κ1) is 14.6. The van der Waals surface area contributed by atoms with Gasteiger partial charge in [0, 0.05) is 12.0 Å². The van der Waals surface area contributed by atoms with Crippen LogP contribution in [0.2, 0.25) is 0 Å². The number of nitrogens with one attached hydrogen (secondary N) is 2. The zero-order chi connectivity index (χ0) is 14.7. The smallest absolute Gasteiger partial charge is 0.253 e. The van der Waals surface area contributed by atoms with Gasteiger partial charge in [-0.3, -0.25) is 9.59 Å². The molecule has 3 atom stereocenters. The van der Waals surface area contributed by atoms with Gasteiger partial charge in [-0.05, 0) is 37.8 Å². The summed E-state index contributed by atoms with van der Waals surface area (Å²) >= 11 is 0. The van der Waals surface area contributed by atoms with Crippen molar-refractivity contribution in [3.8, 4) is 0 Å². The van der Waals surface area contributed by atoms with Gasteiger partial charge in [-0.2, -0.15) is 0 Å². The number of hydrogen-bond donors (Lipinski definition) is 2. The maximum Gasteiger partial charge on any atom is 0.253 e. The Kier molecular flexibility index (Phi) is 4.42. The second kappa shape index (κ2) is 6.07. The second-order valence-electron chi connectivity index (χ2n) is 5.64. The zero-order valence-electron chi connectivity index (χ0n) is 12.3. The third-order valence-corrected chi connectivity index (χ3v) is 3.87. The van der Waals surface area contributed by atoms with Gasteiger partial charge in [0.05, 0.1) is 11.3 Å². The van der Waals surface area contributed by atoms with Crippen molar-refractivity contribution in [2.24, 2.45) is 11.8 Å². The van der Waals surface area contributed by atoms with Crippen molar-refractivity contribution in [2.75, 3.05) is 5.32 Å². The van der Waals surface area contributed by atoms with Gasteiger partial charge in [0.25, 0.3) is 5.91 Å². The highest BCUT2D eigenvalue weighted by Gasteiger charge is 2.39. The van der Waals surface area contributed by atoms with Crippen LogP contribution in [0.3, 0.4) is 0 Å². The van der Waals surface area contributed by atoms with Crippen LogP contribution in [0, 0.1) is 11.8 Å². The first-order valence-corrected chi connectivity index (χ1v) is 7.23. The molecule has 1 aliphatic rings. The van der Waals surface area contributed by atoms with Crippen LogP contribution in [0.4, 0.5) is 5.69 Å². The Morgan fingerprint density at radius 3 is 2.60 bits per heavy atom. The Hall–Kier alpha value is -1.84. The lowest BCUT2D eigenvalue weighted by Gasteiger charge is -2.14. The van der Waals surface area contributed by atoms with Crippen LogP contribution in [0.25, 0.3) is 0 Å². The monoisotopic (exact) mass is 274 g/mol. The summed E-state index contributed by atoms with van der Waals surface area (Å²) in [6.07, 6.45) is 1.81. The number of carbonyl (C=O) groups is 2. The first-order chi connectivity index (χ1) is 9.52. The largest absolute Gasteiger partial charge is 0.350 e. The first-order valence-electron chi connectivity index (χ1n) is 7.23. The maximum absolute atomic E-state index is 12.2. The molecular weight excluding hydrogens is 252 g/mol. The third kappa shape index (κ3) is 3.38. The molecule has 2 N–H and O–H groups in total. The lowest BCUT2D eigenvalue weighted by atomic mass is 10.1. The van der Waals surface area contributed by atoms with E-state index in [-0.39, 0.29) is 23.8 Å². The Balaban J connectivity index is 2.09. The molecule has 0 unspecified atom stereocenters. The molecule has 0 radical (unpaired) electrons. The fourth-order valence-corrected chi connectivity index (χ4v) is 2.11. The summed E-state index contributed by atoms with van der Waals surface area (Å²) in [5.41, 5.74) is 1.12. The number of carbonyl (C=O) groups excluding carboxylic acids is 2. The minimum Gasteiger partial charge on any atom is -0.350 e. The van der Waals surface area contributed by atoms with E-state index in [1.165, 1.54) is 0 Å². The highest BCUT2D eigenvalue weighted by Crippen LogP contribution is 2.38. The molecule has 0 aromatic heterocycles. The lowest BCUT2D eigenvalue weighted by Crippen LogP contribution is -2.32. The predicted octanol–water partition coefficient (Wildman–Crippen LogP) is 2.81. The molecule has 1 fully saturated rings. The van der Waals surface area contributed by atoms with Crippen LogP contribution >= 0.6 is 0 Å². The molecule has 20 heavy (non-hydrogen) atoms. The van der Waals surface area contributed by atoms with Crippen LogP contribution in [0.15, 0.2) is 24.3 Å². The summed E-state index contributed by atoms with van der Waals surface area (Å²) in [7, 11) is 0. The van der Waals surface area contributed by atoms with Crippen LogP contribution in [-0.2, 0) is 4.79 Å². The van der Waals surface area contributed by atoms with Gasteiger partial charge in [0.1, 0.15) is 0 Å². The molecule has 4 nitrogen and oxygen atoms in total. The van der Waals surface area contributed by atoms with E-state index in [0.717, 1.165) is 12.8 Å². The topological polar surface area (TPSA) is 58.2 Å². The van der Waals surface area contributed by atoms with Gasteiger partial charge < -0.3 is 10.6 Å². The maximum atomic E-state index is 12.2. The molecule has 2 rings (SSSR count). The number of para-hydroxylation sites is 1. The number of amides is 2. The van der Waals surface area contributed by atoms with Crippen molar-refractivity contribution >= 4 is 17.5 Å². The fourth-order valence-electron chi connectivity index (χ4n) is 2.11. The minimum absolute atomic E-state index is 0.0151. The average molecular weight is 274 g/mol. The van der Waals surface area contributed by atoms with Crippen LogP contribution in [0.5, 0.6) is 0 Å². The average Bonchev–Trinajstić information content (AvgIpc) is 3.16.